The number of para-hydroxylation sites is 1. The highest BCUT2D eigenvalue weighted by Gasteiger charge is 2.49. The molecule has 0 bridgehead atoms. The lowest BCUT2D eigenvalue weighted by atomic mass is 9.96. The molecule has 0 N–H and O–H groups in total. The first-order valence-electron chi connectivity index (χ1n) is 4.32. The Morgan fingerprint density at radius 2 is 1.86 bits per heavy atom. The topological polar surface area (TPSA) is 9.23 Å². The van der Waals surface area contributed by atoms with Gasteiger partial charge in [0.25, 0.3) is 0 Å². The Hall–Kier alpha value is -1.19. The molecule has 1 aromatic carbocycles. The van der Waals surface area contributed by atoms with Crippen LogP contribution in [0.3, 0.4) is 0 Å². The first-order chi connectivity index (χ1) is 6.50. The van der Waals surface area contributed by atoms with Crippen LogP contribution in [0.15, 0.2) is 24.3 Å². The molecule has 1 heterocycles. The highest BCUT2D eigenvalue weighted by Crippen LogP contribution is 2.46. The molecule has 0 aliphatic carbocycles. The van der Waals surface area contributed by atoms with Gasteiger partial charge in [-0.3, -0.25) is 0 Å². The van der Waals surface area contributed by atoms with Crippen molar-refractivity contribution in [3.63, 3.8) is 0 Å². The number of halogens is 3. The molecule has 2 rings (SSSR count). The number of ether oxygens (including phenoxy) is 1. The quantitative estimate of drug-likeness (QED) is 0.628. The standard InChI is InChI=1S/C10H9F3O/c1-6-9(10(11,12)13)7-4-2-3-5-8(7)14-6/h2-6,9H,1H3. The molecule has 0 fully saturated rings. The average molecular weight is 202 g/mol. The Balaban J connectivity index is 2.45. The van der Waals surface area contributed by atoms with Gasteiger partial charge in [0.1, 0.15) is 17.8 Å². The fraction of sp³-hybridized carbons (Fsp3) is 0.400. The minimum absolute atomic E-state index is 0.243. The Morgan fingerprint density at radius 3 is 2.50 bits per heavy atom. The molecular formula is C10H9F3O. The molecular weight excluding hydrogens is 193 g/mol. The van der Waals surface area contributed by atoms with Gasteiger partial charge < -0.3 is 4.74 Å². The van der Waals surface area contributed by atoms with Crippen LogP contribution < -0.4 is 4.74 Å². The Bertz CT molecular complexity index is 345. The number of alkyl halides is 3. The van der Waals surface area contributed by atoms with Crippen molar-refractivity contribution in [1.29, 1.82) is 0 Å². The maximum absolute atomic E-state index is 12.6. The molecule has 0 saturated heterocycles. The molecule has 0 aromatic heterocycles. The zero-order chi connectivity index (χ0) is 10.3. The summed E-state index contributed by atoms with van der Waals surface area (Å²) in [6, 6.07) is 6.30. The van der Waals surface area contributed by atoms with Crippen LogP contribution in [-0.4, -0.2) is 12.3 Å². The number of benzene rings is 1. The van der Waals surface area contributed by atoms with Gasteiger partial charge in [-0.05, 0) is 13.0 Å². The van der Waals surface area contributed by atoms with Gasteiger partial charge in [0.15, 0.2) is 0 Å². The highest BCUT2D eigenvalue weighted by atomic mass is 19.4. The lowest BCUT2D eigenvalue weighted by molar-refractivity contribution is -0.160. The van der Waals surface area contributed by atoms with E-state index in [1.807, 2.05) is 0 Å². The molecule has 1 nitrogen and oxygen atoms in total. The second-order valence-corrected chi connectivity index (χ2v) is 3.38. The molecule has 0 spiro atoms. The van der Waals surface area contributed by atoms with Gasteiger partial charge >= 0.3 is 6.18 Å². The number of rotatable bonds is 0. The fourth-order valence-electron chi connectivity index (χ4n) is 1.81. The predicted molar refractivity (Wildman–Crippen MR) is 45.3 cm³/mol. The largest absolute Gasteiger partial charge is 0.489 e. The molecule has 1 aliphatic heterocycles. The van der Waals surface area contributed by atoms with Crippen LogP contribution in [0.25, 0.3) is 0 Å². The van der Waals surface area contributed by atoms with Gasteiger partial charge in [-0.15, -0.1) is 0 Å². The second kappa shape index (κ2) is 2.90. The summed E-state index contributed by atoms with van der Waals surface area (Å²) in [5.41, 5.74) is 0.243. The highest BCUT2D eigenvalue weighted by molar-refractivity contribution is 5.41. The van der Waals surface area contributed by atoms with E-state index in [-0.39, 0.29) is 5.56 Å². The van der Waals surface area contributed by atoms with E-state index in [4.69, 9.17) is 4.74 Å². The molecule has 76 valence electrons. The summed E-state index contributed by atoms with van der Waals surface area (Å²) in [5, 5.41) is 0. The third kappa shape index (κ3) is 1.35. The van der Waals surface area contributed by atoms with E-state index in [0.29, 0.717) is 5.75 Å². The summed E-state index contributed by atoms with van der Waals surface area (Å²) < 4.78 is 43.0. The molecule has 0 radical (unpaired) electrons. The van der Waals surface area contributed by atoms with Gasteiger partial charge in [0.2, 0.25) is 0 Å². The molecule has 4 heteroatoms. The van der Waals surface area contributed by atoms with Gasteiger partial charge in [-0.25, -0.2) is 0 Å². The number of hydrogen-bond donors (Lipinski definition) is 0. The first kappa shape index (κ1) is 9.37. The first-order valence-corrected chi connectivity index (χ1v) is 4.32. The number of fused-ring (bicyclic) bond motifs is 1. The van der Waals surface area contributed by atoms with Crippen molar-refractivity contribution in [3.05, 3.63) is 29.8 Å². The monoisotopic (exact) mass is 202 g/mol. The van der Waals surface area contributed by atoms with Crippen LogP contribution in [0, 0.1) is 0 Å². The number of hydrogen-bond acceptors (Lipinski definition) is 1. The molecule has 1 aromatic rings. The second-order valence-electron chi connectivity index (χ2n) is 3.38. The Kier molecular flexibility index (Phi) is 1.94. The van der Waals surface area contributed by atoms with Gasteiger partial charge in [0, 0.05) is 5.56 Å². The van der Waals surface area contributed by atoms with Crippen LogP contribution in [-0.2, 0) is 0 Å². The zero-order valence-electron chi connectivity index (χ0n) is 7.51. The normalized spacial score (nSPS) is 25.7. The van der Waals surface area contributed by atoms with Crippen LogP contribution in [0.1, 0.15) is 18.4 Å². The summed E-state index contributed by atoms with van der Waals surface area (Å²) >= 11 is 0. The molecule has 14 heavy (non-hydrogen) atoms. The van der Waals surface area contributed by atoms with E-state index in [9.17, 15) is 13.2 Å². The van der Waals surface area contributed by atoms with Gasteiger partial charge in [-0.2, -0.15) is 13.2 Å². The molecule has 1 aliphatic rings. The van der Waals surface area contributed by atoms with Crippen LogP contribution in [0.4, 0.5) is 13.2 Å². The minimum Gasteiger partial charge on any atom is -0.489 e. The molecule has 0 saturated carbocycles. The van der Waals surface area contributed by atoms with E-state index >= 15 is 0 Å². The van der Waals surface area contributed by atoms with E-state index in [2.05, 4.69) is 0 Å². The van der Waals surface area contributed by atoms with Crippen LogP contribution >= 0.6 is 0 Å². The maximum Gasteiger partial charge on any atom is 0.399 e. The summed E-state index contributed by atoms with van der Waals surface area (Å²) in [5.74, 6) is -1.14. The smallest absolute Gasteiger partial charge is 0.399 e. The zero-order valence-corrected chi connectivity index (χ0v) is 7.51. The van der Waals surface area contributed by atoms with Crippen molar-refractivity contribution in [2.45, 2.75) is 25.1 Å². The summed E-state index contributed by atoms with van der Waals surface area (Å²) in [4.78, 5) is 0. The van der Waals surface area contributed by atoms with Gasteiger partial charge in [-0.1, -0.05) is 18.2 Å². The third-order valence-electron chi connectivity index (χ3n) is 2.39. The van der Waals surface area contributed by atoms with Crippen molar-refractivity contribution in [3.8, 4) is 5.75 Å². The summed E-state index contributed by atoms with van der Waals surface area (Å²) in [6.45, 7) is 1.44. The summed E-state index contributed by atoms with van der Waals surface area (Å²) in [6.07, 6.45) is -5.06. The van der Waals surface area contributed by atoms with E-state index in [0.717, 1.165) is 0 Å². The van der Waals surface area contributed by atoms with Crippen LogP contribution in [0.2, 0.25) is 0 Å². The van der Waals surface area contributed by atoms with Crippen molar-refractivity contribution in [2.24, 2.45) is 0 Å². The van der Waals surface area contributed by atoms with E-state index in [1.165, 1.54) is 13.0 Å². The van der Waals surface area contributed by atoms with Gasteiger partial charge in [0.05, 0.1) is 0 Å². The van der Waals surface area contributed by atoms with Crippen molar-refractivity contribution >= 4 is 0 Å². The van der Waals surface area contributed by atoms with Crippen molar-refractivity contribution in [1.82, 2.24) is 0 Å². The predicted octanol–water partition coefficient (Wildman–Crippen LogP) is 3.11. The average Bonchev–Trinajstić information content (AvgIpc) is 2.38. The van der Waals surface area contributed by atoms with Crippen molar-refractivity contribution < 1.29 is 17.9 Å². The van der Waals surface area contributed by atoms with Crippen LogP contribution in [0.5, 0.6) is 5.75 Å². The molecule has 2 atom stereocenters. The minimum atomic E-state index is -4.23. The SMILES string of the molecule is CC1Oc2ccccc2C1C(F)(F)F. The Labute approximate surface area is 79.5 Å². The summed E-state index contributed by atoms with van der Waals surface area (Å²) in [7, 11) is 0. The lowest BCUT2D eigenvalue weighted by Crippen LogP contribution is -2.28. The third-order valence-corrected chi connectivity index (χ3v) is 2.39. The van der Waals surface area contributed by atoms with E-state index < -0.39 is 18.2 Å². The molecule has 2 unspecified atom stereocenters. The maximum atomic E-state index is 12.6. The molecule has 0 amide bonds. The van der Waals surface area contributed by atoms with E-state index in [1.54, 1.807) is 18.2 Å². The Morgan fingerprint density at radius 1 is 1.21 bits per heavy atom. The fourth-order valence-corrected chi connectivity index (χ4v) is 1.81. The lowest BCUT2D eigenvalue weighted by Gasteiger charge is -2.17. The van der Waals surface area contributed by atoms with Crippen molar-refractivity contribution in [2.75, 3.05) is 0 Å².